The summed E-state index contributed by atoms with van der Waals surface area (Å²) in [5, 5.41) is 15.2. The Morgan fingerprint density at radius 2 is 2.28 bits per heavy atom. The van der Waals surface area contributed by atoms with Gasteiger partial charge in [0.05, 0.1) is 6.61 Å². The van der Waals surface area contributed by atoms with Gasteiger partial charge in [0, 0.05) is 18.4 Å². The van der Waals surface area contributed by atoms with Crippen molar-refractivity contribution in [3.05, 3.63) is 35.2 Å². The van der Waals surface area contributed by atoms with E-state index in [1.165, 1.54) is 0 Å². The van der Waals surface area contributed by atoms with Gasteiger partial charge in [-0.25, -0.2) is 0 Å². The number of rotatable bonds is 6. The van der Waals surface area contributed by atoms with Gasteiger partial charge in [0.15, 0.2) is 0 Å². The molecule has 5 heteroatoms. The Balaban J connectivity index is 2.27. The fourth-order valence-corrected chi connectivity index (χ4v) is 2.84. The summed E-state index contributed by atoms with van der Waals surface area (Å²) in [5.41, 5.74) is 0.819. The first-order valence-electron chi connectivity index (χ1n) is 5.65. The number of fused-ring (bicyclic) bond motifs is 1. The summed E-state index contributed by atoms with van der Waals surface area (Å²) in [4.78, 5) is 11.3. The van der Waals surface area contributed by atoms with Crippen molar-refractivity contribution in [3.63, 3.8) is 0 Å². The maximum absolute atomic E-state index is 11.3. The van der Waals surface area contributed by atoms with Gasteiger partial charge in [0.1, 0.15) is 6.04 Å². The van der Waals surface area contributed by atoms with Crippen molar-refractivity contribution >= 4 is 27.4 Å². The van der Waals surface area contributed by atoms with Crippen molar-refractivity contribution in [2.75, 3.05) is 20.3 Å². The van der Waals surface area contributed by atoms with Gasteiger partial charge in [-0.1, -0.05) is 18.2 Å². The number of methoxy groups -OCH3 is 1. The predicted molar refractivity (Wildman–Crippen MR) is 72.1 cm³/mol. The second-order valence-electron chi connectivity index (χ2n) is 3.91. The van der Waals surface area contributed by atoms with Crippen LogP contribution in [0, 0.1) is 0 Å². The predicted octanol–water partition coefficient (Wildman–Crippen LogP) is 2.26. The average Bonchev–Trinajstić information content (AvgIpc) is 2.78. The molecule has 2 rings (SSSR count). The van der Waals surface area contributed by atoms with E-state index in [0.29, 0.717) is 13.2 Å². The number of hydrogen-bond donors (Lipinski definition) is 2. The zero-order valence-electron chi connectivity index (χ0n) is 10.1. The maximum atomic E-state index is 11.3. The van der Waals surface area contributed by atoms with E-state index in [2.05, 4.69) is 5.32 Å². The van der Waals surface area contributed by atoms with Crippen molar-refractivity contribution in [2.45, 2.75) is 6.04 Å². The molecule has 1 unspecified atom stereocenters. The highest BCUT2D eigenvalue weighted by atomic mass is 32.1. The van der Waals surface area contributed by atoms with Crippen molar-refractivity contribution in [1.29, 1.82) is 0 Å². The molecule has 0 amide bonds. The second kappa shape index (κ2) is 5.95. The summed E-state index contributed by atoms with van der Waals surface area (Å²) in [5.74, 6) is -0.866. The van der Waals surface area contributed by atoms with Crippen LogP contribution in [0.25, 0.3) is 10.1 Å². The molecule has 0 spiro atoms. The normalized spacial score (nSPS) is 12.7. The van der Waals surface area contributed by atoms with Crippen LogP contribution in [0.5, 0.6) is 0 Å². The average molecular weight is 265 g/mol. The first-order valence-corrected chi connectivity index (χ1v) is 6.53. The highest BCUT2D eigenvalue weighted by Crippen LogP contribution is 2.30. The lowest BCUT2D eigenvalue weighted by Crippen LogP contribution is -2.30. The minimum atomic E-state index is -0.866. The molecule has 96 valence electrons. The van der Waals surface area contributed by atoms with Crippen molar-refractivity contribution < 1.29 is 14.6 Å². The molecule has 2 N–H and O–H groups in total. The molecule has 0 aliphatic carbocycles. The van der Waals surface area contributed by atoms with Crippen LogP contribution < -0.4 is 5.32 Å². The lowest BCUT2D eigenvalue weighted by molar-refractivity contribution is -0.139. The third-order valence-electron chi connectivity index (χ3n) is 2.72. The third-order valence-corrected chi connectivity index (χ3v) is 3.71. The van der Waals surface area contributed by atoms with Crippen molar-refractivity contribution in [2.24, 2.45) is 0 Å². The number of thiophene rings is 1. The fourth-order valence-electron chi connectivity index (χ4n) is 1.86. The molecule has 0 saturated heterocycles. The fraction of sp³-hybridized carbons (Fsp3) is 0.308. The highest BCUT2D eigenvalue weighted by Gasteiger charge is 2.21. The van der Waals surface area contributed by atoms with E-state index >= 15 is 0 Å². The number of hydrogen-bond acceptors (Lipinski definition) is 4. The molecule has 1 aromatic carbocycles. The molecule has 4 nitrogen and oxygen atoms in total. The van der Waals surface area contributed by atoms with Crippen LogP contribution in [-0.2, 0) is 9.53 Å². The number of carboxylic acids is 1. The van der Waals surface area contributed by atoms with Crippen LogP contribution in [0.1, 0.15) is 11.6 Å². The minimum Gasteiger partial charge on any atom is -0.480 e. The van der Waals surface area contributed by atoms with E-state index in [-0.39, 0.29) is 0 Å². The Morgan fingerprint density at radius 1 is 1.50 bits per heavy atom. The first kappa shape index (κ1) is 13.0. The smallest absolute Gasteiger partial charge is 0.325 e. The summed E-state index contributed by atoms with van der Waals surface area (Å²) < 4.78 is 6.03. The quantitative estimate of drug-likeness (QED) is 0.787. The van der Waals surface area contributed by atoms with E-state index in [1.807, 2.05) is 29.6 Å². The van der Waals surface area contributed by atoms with Crippen LogP contribution in [0.15, 0.2) is 29.6 Å². The van der Waals surface area contributed by atoms with Gasteiger partial charge in [-0.3, -0.25) is 10.1 Å². The van der Waals surface area contributed by atoms with Crippen LogP contribution >= 0.6 is 11.3 Å². The highest BCUT2D eigenvalue weighted by molar-refractivity contribution is 7.17. The lowest BCUT2D eigenvalue weighted by Gasteiger charge is -2.13. The molecule has 1 aromatic heterocycles. The number of nitrogens with one attached hydrogen (secondary N) is 1. The molecule has 0 saturated carbocycles. The SMILES string of the molecule is COCCNC(C(=O)O)c1csc2ccccc12. The number of aliphatic carboxylic acids is 1. The molecule has 1 heterocycles. The molecule has 18 heavy (non-hydrogen) atoms. The number of carbonyl (C=O) groups is 1. The van der Waals surface area contributed by atoms with Gasteiger partial charge in [-0.05, 0) is 22.4 Å². The Labute approximate surface area is 109 Å². The summed E-state index contributed by atoms with van der Waals surface area (Å²) in [6.45, 7) is 1.00. The van der Waals surface area contributed by atoms with Gasteiger partial charge in [0.2, 0.25) is 0 Å². The van der Waals surface area contributed by atoms with Gasteiger partial charge in [-0.15, -0.1) is 11.3 Å². The van der Waals surface area contributed by atoms with E-state index in [0.717, 1.165) is 15.6 Å². The van der Waals surface area contributed by atoms with Crippen LogP contribution in [0.3, 0.4) is 0 Å². The minimum absolute atomic E-state index is 0.492. The van der Waals surface area contributed by atoms with E-state index < -0.39 is 12.0 Å². The molecule has 0 bridgehead atoms. The molecule has 1 atom stereocenters. The number of carboxylic acid groups (broad SMARTS) is 1. The Morgan fingerprint density at radius 3 is 3.00 bits per heavy atom. The van der Waals surface area contributed by atoms with E-state index in [4.69, 9.17) is 4.74 Å². The Kier molecular flexibility index (Phi) is 4.30. The molecule has 2 aromatic rings. The van der Waals surface area contributed by atoms with Crippen molar-refractivity contribution in [3.8, 4) is 0 Å². The number of benzene rings is 1. The molecule has 0 aliphatic heterocycles. The summed E-state index contributed by atoms with van der Waals surface area (Å²) in [6.07, 6.45) is 0. The standard InChI is InChI=1S/C13H15NO3S/c1-17-7-6-14-12(13(15)16)10-8-18-11-5-3-2-4-9(10)11/h2-5,8,12,14H,6-7H2,1H3,(H,15,16). The molecule has 0 radical (unpaired) electrons. The monoisotopic (exact) mass is 265 g/mol. The zero-order chi connectivity index (χ0) is 13.0. The maximum Gasteiger partial charge on any atom is 0.325 e. The topological polar surface area (TPSA) is 58.6 Å². The second-order valence-corrected chi connectivity index (χ2v) is 4.82. The third kappa shape index (κ3) is 2.69. The molecule has 0 aliphatic rings. The summed E-state index contributed by atoms with van der Waals surface area (Å²) in [7, 11) is 1.59. The summed E-state index contributed by atoms with van der Waals surface area (Å²) in [6, 6.07) is 7.15. The van der Waals surface area contributed by atoms with Gasteiger partial charge in [0.25, 0.3) is 0 Å². The summed E-state index contributed by atoms with van der Waals surface area (Å²) >= 11 is 1.56. The van der Waals surface area contributed by atoms with Gasteiger partial charge >= 0.3 is 5.97 Å². The van der Waals surface area contributed by atoms with E-state index in [1.54, 1.807) is 18.4 Å². The lowest BCUT2D eigenvalue weighted by atomic mass is 10.1. The van der Waals surface area contributed by atoms with E-state index in [9.17, 15) is 9.90 Å². The zero-order valence-corrected chi connectivity index (χ0v) is 10.9. The Bertz CT molecular complexity index is 538. The van der Waals surface area contributed by atoms with Crippen LogP contribution in [-0.4, -0.2) is 31.3 Å². The number of ether oxygens (including phenoxy) is 1. The van der Waals surface area contributed by atoms with Crippen LogP contribution in [0.2, 0.25) is 0 Å². The molecule has 0 fully saturated rings. The van der Waals surface area contributed by atoms with Gasteiger partial charge < -0.3 is 9.84 Å². The molecular weight excluding hydrogens is 250 g/mol. The first-order chi connectivity index (χ1) is 8.74. The van der Waals surface area contributed by atoms with Crippen molar-refractivity contribution in [1.82, 2.24) is 5.32 Å². The molecular formula is C13H15NO3S. The van der Waals surface area contributed by atoms with Crippen LogP contribution in [0.4, 0.5) is 0 Å². The largest absolute Gasteiger partial charge is 0.480 e. The van der Waals surface area contributed by atoms with Gasteiger partial charge in [-0.2, -0.15) is 0 Å². The Hall–Kier alpha value is -1.43.